The lowest BCUT2D eigenvalue weighted by Gasteiger charge is -2.18. The summed E-state index contributed by atoms with van der Waals surface area (Å²) in [5.41, 5.74) is 9.13. The number of para-hydroxylation sites is 1. The second kappa shape index (κ2) is 9.93. The monoisotopic (exact) mass is 407 g/mol. The number of hydrogen-bond donors (Lipinski definition) is 3. The third-order valence-corrected chi connectivity index (χ3v) is 5.06. The fourth-order valence-corrected chi connectivity index (χ4v) is 3.22. The lowest BCUT2D eigenvalue weighted by Crippen LogP contribution is -2.36. The maximum atomic E-state index is 12.3. The van der Waals surface area contributed by atoms with E-state index in [9.17, 15) is 4.79 Å². The molecule has 3 aromatic rings. The molecule has 2 aromatic carbocycles. The minimum atomic E-state index is -0.343. The van der Waals surface area contributed by atoms with Gasteiger partial charge in [-0.1, -0.05) is 50.2 Å². The van der Waals surface area contributed by atoms with Gasteiger partial charge in [0.05, 0.1) is 5.52 Å². The Bertz CT molecular complexity index is 1020. The number of rotatable bonds is 8. The number of aliphatic imine (C=N–C) groups is 1. The van der Waals surface area contributed by atoms with E-state index in [4.69, 9.17) is 10.5 Å². The molecule has 7 heteroatoms. The highest BCUT2D eigenvalue weighted by Crippen LogP contribution is 2.26. The first-order chi connectivity index (χ1) is 14.5. The predicted molar refractivity (Wildman–Crippen MR) is 121 cm³/mol. The molecule has 0 spiro atoms. The first-order valence-corrected chi connectivity index (χ1v) is 10.1. The molecule has 0 atom stereocenters. The van der Waals surface area contributed by atoms with Crippen LogP contribution >= 0.6 is 0 Å². The van der Waals surface area contributed by atoms with E-state index >= 15 is 0 Å². The van der Waals surface area contributed by atoms with Crippen molar-refractivity contribution in [1.29, 1.82) is 0 Å². The van der Waals surface area contributed by atoms with Crippen molar-refractivity contribution < 1.29 is 9.53 Å². The summed E-state index contributed by atoms with van der Waals surface area (Å²) >= 11 is 0. The first kappa shape index (κ1) is 21.4. The maximum Gasteiger partial charge on any atom is 0.274 e. The van der Waals surface area contributed by atoms with Crippen LogP contribution in [0.15, 0.2) is 53.5 Å². The number of carbonyl (C=O) groups excluding carboxylic acids is 1. The maximum absolute atomic E-state index is 12.3. The topological polar surface area (TPSA) is 95.7 Å². The highest BCUT2D eigenvalue weighted by Gasteiger charge is 2.13. The second-order valence-electron chi connectivity index (χ2n) is 7.03. The Morgan fingerprint density at radius 2 is 1.83 bits per heavy atom. The molecule has 0 unspecified atom stereocenters. The Morgan fingerprint density at radius 1 is 1.13 bits per heavy atom. The molecular weight excluding hydrogens is 378 g/mol. The molecule has 0 fully saturated rings. The van der Waals surface area contributed by atoms with Crippen molar-refractivity contribution in [3.63, 3.8) is 0 Å². The molecule has 4 N–H and O–H groups in total. The number of ether oxygens (including phenoxy) is 1. The van der Waals surface area contributed by atoms with Crippen molar-refractivity contribution in [3.8, 4) is 5.75 Å². The van der Waals surface area contributed by atoms with Gasteiger partial charge in [0.25, 0.3) is 5.91 Å². The van der Waals surface area contributed by atoms with Gasteiger partial charge < -0.3 is 15.5 Å². The Balaban J connectivity index is 1.69. The van der Waals surface area contributed by atoms with Crippen LogP contribution in [0, 0.1) is 0 Å². The van der Waals surface area contributed by atoms with Crippen LogP contribution < -0.4 is 15.8 Å². The van der Waals surface area contributed by atoms with Crippen molar-refractivity contribution in [2.75, 3.05) is 20.1 Å². The highest BCUT2D eigenvalue weighted by atomic mass is 16.5. The van der Waals surface area contributed by atoms with Gasteiger partial charge in [0.15, 0.2) is 5.96 Å². The van der Waals surface area contributed by atoms with Gasteiger partial charge >= 0.3 is 0 Å². The number of aromatic amines is 1. The predicted octanol–water partition coefficient (Wildman–Crippen LogP) is 3.26. The summed E-state index contributed by atoms with van der Waals surface area (Å²) in [6.45, 7) is 7.83. The lowest BCUT2D eigenvalue weighted by molar-refractivity contribution is 0.0972. The van der Waals surface area contributed by atoms with E-state index in [1.165, 1.54) is 12.6 Å². The van der Waals surface area contributed by atoms with Crippen molar-refractivity contribution in [3.05, 3.63) is 65.4 Å². The number of benzene rings is 2. The lowest BCUT2D eigenvalue weighted by atomic mass is 10.1. The zero-order chi connectivity index (χ0) is 21.5. The van der Waals surface area contributed by atoms with Crippen LogP contribution in [0.25, 0.3) is 10.9 Å². The molecule has 30 heavy (non-hydrogen) atoms. The van der Waals surface area contributed by atoms with Crippen LogP contribution in [0.5, 0.6) is 5.75 Å². The van der Waals surface area contributed by atoms with Gasteiger partial charge in [-0.15, -0.1) is 0 Å². The number of nitrogens with zero attached hydrogens (tertiary/aromatic N) is 2. The van der Waals surface area contributed by atoms with E-state index in [2.05, 4.69) is 58.3 Å². The summed E-state index contributed by atoms with van der Waals surface area (Å²) in [6.07, 6.45) is 0. The number of guanidine groups is 1. The van der Waals surface area contributed by atoms with Crippen LogP contribution in [0.4, 0.5) is 0 Å². The molecule has 7 nitrogen and oxygen atoms in total. The smallest absolute Gasteiger partial charge is 0.274 e. The van der Waals surface area contributed by atoms with E-state index < -0.39 is 0 Å². The van der Waals surface area contributed by atoms with E-state index in [1.54, 1.807) is 6.07 Å². The fraction of sp³-hybridized carbons (Fsp3) is 0.304. The number of nitrogens with two attached hydrogens (primary N) is 1. The number of carbonyl (C=O) groups is 1. The Kier molecular flexibility index (Phi) is 7.08. The van der Waals surface area contributed by atoms with Gasteiger partial charge in [-0.3, -0.25) is 20.0 Å². The number of H-pyrrole nitrogens is 1. The quantitative estimate of drug-likeness (QED) is 0.394. The largest absolute Gasteiger partial charge is 0.487 e. The van der Waals surface area contributed by atoms with Crippen LogP contribution in [0.2, 0.25) is 0 Å². The van der Waals surface area contributed by atoms with Gasteiger partial charge in [-0.2, -0.15) is 0 Å². The number of hydrogen-bond acceptors (Lipinski definition) is 4. The van der Waals surface area contributed by atoms with E-state index in [1.807, 2.05) is 18.2 Å². The van der Waals surface area contributed by atoms with Crippen LogP contribution in [0.3, 0.4) is 0 Å². The van der Waals surface area contributed by atoms with E-state index in [0.717, 1.165) is 36.1 Å². The molecule has 0 radical (unpaired) electrons. The number of fused-ring (bicyclic) bond motifs is 1. The number of aromatic nitrogens is 1. The minimum Gasteiger partial charge on any atom is -0.487 e. The van der Waals surface area contributed by atoms with Gasteiger partial charge in [0, 0.05) is 19.0 Å². The summed E-state index contributed by atoms with van der Waals surface area (Å²) in [5, 5.41) is 3.41. The summed E-state index contributed by atoms with van der Waals surface area (Å²) in [6, 6.07) is 16.0. The van der Waals surface area contributed by atoms with Crippen molar-refractivity contribution >= 4 is 22.8 Å². The zero-order valence-corrected chi connectivity index (χ0v) is 17.7. The molecule has 0 saturated carbocycles. The van der Waals surface area contributed by atoms with Crippen LogP contribution in [-0.4, -0.2) is 41.9 Å². The standard InChI is InChI=1S/C23H29N5O2/c1-4-28(5-2)14-16-9-11-17(12-10-16)15-30-20-8-6-7-18-13-19(26-21(18)20)22(29)27-23(24)25-3/h6-13,26H,4-5,14-15H2,1-3H3,(H3,24,25,27,29). The third kappa shape index (κ3) is 5.18. The normalized spacial score (nSPS) is 11.8. The Hall–Kier alpha value is -3.32. The Labute approximate surface area is 176 Å². The molecule has 1 heterocycles. The van der Waals surface area contributed by atoms with Gasteiger partial charge in [-0.05, 0) is 36.3 Å². The molecule has 3 rings (SSSR count). The molecule has 158 valence electrons. The third-order valence-electron chi connectivity index (χ3n) is 5.06. The van der Waals surface area contributed by atoms with Crippen molar-refractivity contribution in [2.45, 2.75) is 27.0 Å². The van der Waals surface area contributed by atoms with E-state index in [-0.39, 0.29) is 11.9 Å². The molecular formula is C23H29N5O2. The summed E-state index contributed by atoms with van der Waals surface area (Å²) in [7, 11) is 1.52. The molecule has 0 saturated heterocycles. The van der Waals surface area contributed by atoms with E-state index in [0.29, 0.717) is 18.1 Å². The van der Waals surface area contributed by atoms with Crippen LogP contribution in [0.1, 0.15) is 35.5 Å². The number of amides is 1. The summed E-state index contributed by atoms with van der Waals surface area (Å²) in [5.74, 6) is 0.416. The summed E-state index contributed by atoms with van der Waals surface area (Å²) < 4.78 is 6.04. The van der Waals surface area contributed by atoms with Crippen molar-refractivity contribution in [1.82, 2.24) is 15.2 Å². The highest BCUT2D eigenvalue weighted by molar-refractivity contribution is 6.06. The average molecular weight is 408 g/mol. The zero-order valence-electron chi connectivity index (χ0n) is 17.7. The van der Waals surface area contributed by atoms with Crippen molar-refractivity contribution in [2.24, 2.45) is 10.7 Å². The molecule has 0 bridgehead atoms. The molecule has 1 aromatic heterocycles. The average Bonchev–Trinajstić information content (AvgIpc) is 3.22. The molecule has 1 amide bonds. The summed E-state index contributed by atoms with van der Waals surface area (Å²) in [4.78, 5) is 21.5. The molecule has 0 aliphatic rings. The fourth-order valence-electron chi connectivity index (χ4n) is 3.22. The second-order valence-corrected chi connectivity index (χ2v) is 7.03. The first-order valence-electron chi connectivity index (χ1n) is 10.1. The van der Waals surface area contributed by atoms with Gasteiger partial charge in [-0.25, -0.2) is 0 Å². The molecule has 0 aliphatic carbocycles. The van der Waals surface area contributed by atoms with Gasteiger partial charge in [0.1, 0.15) is 18.1 Å². The van der Waals surface area contributed by atoms with Crippen LogP contribution in [-0.2, 0) is 13.2 Å². The Morgan fingerprint density at radius 3 is 2.50 bits per heavy atom. The molecule has 0 aliphatic heterocycles. The minimum absolute atomic E-state index is 0.0690. The van der Waals surface area contributed by atoms with Gasteiger partial charge in [0.2, 0.25) is 0 Å². The SMILES string of the molecule is CCN(CC)Cc1ccc(COc2cccc3cc(C(=O)NC(N)=NC)[nH]c23)cc1. The number of nitrogens with one attached hydrogen (secondary N) is 2.